The Morgan fingerprint density at radius 1 is 1.38 bits per heavy atom. The molecule has 0 radical (unpaired) electrons. The Bertz CT molecular complexity index is 822. The number of carbonyl (C=O) groups excluding carboxylic acids is 1. The average Bonchev–Trinajstić information content (AvgIpc) is 3.40. The molecule has 2 unspecified atom stereocenters. The molecular formula is C20H31N5O2S2. The number of ether oxygens (including phenoxy) is 1. The number of thiophene rings is 1. The van der Waals surface area contributed by atoms with Crippen LogP contribution >= 0.6 is 23.6 Å². The van der Waals surface area contributed by atoms with Gasteiger partial charge in [0.1, 0.15) is 6.04 Å². The summed E-state index contributed by atoms with van der Waals surface area (Å²) < 4.78 is 7.78. The maximum absolute atomic E-state index is 13.0. The lowest BCUT2D eigenvalue weighted by atomic mass is 9.92. The molecule has 2 atom stereocenters. The van der Waals surface area contributed by atoms with Crippen LogP contribution in [0, 0.1) is 10.7 Å². The van der Waals surface area contributed by atoms with Gasteiger partial charge >= 0.3 is 0 Å². The molecule has 3 heterocycles. The Labute approximate surface area is 181 Å². The summed E-state index contributed by atoms with van der Waals surface area (Å²) in [6.07, 6.45) is 2.19. The van der Waals surface area contributed by atoms with Gasteiger partial charge in [-0.2, -0.15) is 5.10 Å². The number of amides is 1. The fraction of sp³-hybridized carbons (Fsp3) is 0.650. The molecule has 2 aromatic heterocycles. The van der Waals surface area contributed by atoms with Crippen molar-refractivity contribution in [3.8, 4) is 10.7 Å². The highest BCUT2D eigenvalue weighted by Crippen LogP contribution is 2.26. The van der Waals surface area contributed by atoms with Gasteiger partial charge in [-0.05, 0) is 36.5 Å². The predicted octanol–water partition coefficient (Wildman–Crippen LogP) is 3.48. The highest BCUT2D eigenvalue weighted by Gasteiger charge is 2.28. The van der Waals surface area contributed by atoms with Crippen molar-refractivity contribution in [3.63, 3.8) is 0 Å². The normalized spacial score (nSPS) is 17.4. The minimum Gasteiger partial charge on any atom is -0.379 e. The lowest BCUT2D eigenvalue weighted by molar-refractivity contribution is -0.124. The number of H-pyrrole nitrogens is 1. The number of hydrogen-bond acceptors (Lipinski definition) is 6. The first-order chi connectivity index (χ1) is 14.1. The average molecular weight is 438 g/mol. The molecule has 7 nitrogen and oxygen atoms in total. The molecular weight excluding hydrogens is 406 g/mol. The van der Waals surface area contributed by atoms with E-state index in [1.165, 1.54) is 0 Å². The van der Waals surface area contributed by atoms with Crippen molar-refractivity contribution < 1.29 is 9.53 Å². The van der Waals surface area contributed by atoms with Gasteiger partial charge in [-0.1, -0.05) is 32.8 Å². The number of carbonyl (C=O) groups is 1. The molecule has 3 rings (SSSR count). The molecule has 0 bridgehead atoms. The number of nitrogens with zero attached hydrogens (tertiary/aromatic N) is 3. The first-order valence-electron chi connectivity index (χ1n) is 10.4. The molecule has 0 aromatic carbocycles. The van der Waals surface area contributed by atoms with E-state index in [1.807, 2.05) is 24.4 Å². The zero-order valence-electron chi connectivity index (χ0n) is 17.4. The molecule has 1 saturated heterocycles. The zero-order valence-corrected chi connectivity index (χ0v) is 19.0. The van der Waals surface area contributed by atoms with E-state index in [0.717, 1.165) is 44.0 Å². The van der Waals surface area contributed by atoms with Gasteiger partial charge in [-0.25, -0.2) is 0 Å². The van der Waals surface area contributed by atoms with Gasteiger partial charge in [-0.3, -0.25) is 19.4 Å². The number of aromatic amines is 1. The number of nitrogens with one attached hydrogen (secondary N) is 2. The topological polar surface area (TPSA) is 75.2 Å². The molecule has 9 heteroatoms. The molecule has 160 valence electrons. The van der Waals surface area contributed by atoms with E-state index in [9.17, 15) is 4.79 Å². The van der Waals surface area contributed by atoms with Crippen molar-refractivity contribution in [2.45, 2.75) is 45.7 Å². The molecule has 2 N–H and O–H groups in total. The minimum absolute atomic E-state index is 0.0375. The molecule has 29 heavy (non-hydrogen) atoms. The Balaban J connectivity index is 1.72. The van der Waals surface area contributed by atoms with Crippen LogP contribution in [-0.4, -0.2) is 64.5 Å². The largest absolute Gasteiger partial charge is 0.379 e. The van der Waals surface area contributed by atoms with Gasteiger partial charge in [0.05, 0.1) is 18.1 Å². The number of aromatic nitrogens is 3. The molecule has 1 fully saturated rings. The number of morpholine rings is 1. The maximum atomic E-state index is 13.0. The first-order valence-corrected chi connectivity index (χ1v) is 11.7. The van der Waals surface area contributed by atoms with Gasteiger partial charge in [-0.15, -0.1) is 11.3 Å². The fourth-order valence-electron chi connectivity index (χ4n) is 4.05. The van der Waals surface area contributed by atoms with E-state index in [4.69, 9.17) is 17.0 Å². The van der Waals surface area contributed by atoms with Crippen LogP contribution in [0.5, 0.6) is 0 Å². The summed E-state index contributed by atoms with van der Waals surface area (Å²) in [5.41, 5.74) is 0. The van der Waals surface area contributed by atoms with Gasteiger partial charge in [0.2, 0.25) is 5.91 Å². The predicted molar refractivity (Wildman–Crippen MR) is 119 cm³/mol. The Kier molecular flexibility index (Phi) is 7.99. The smallest absolute Gasteiger partial charge is 0.243 e. The molecule has 0 saturated carbocycles. The molecule has 0 spiro atoms. The number of hydrogen-bond donors (Lipinski definition) is 2. The summed E-state index contributed by atoms with van der Waals surface area (Å²) in [6.45, 7) is 10.3. The van der Waals surface area contributed by atoms with Crippen molar-refractivity contribution in [2.24, 2.45) is 5.92 Å². The van der Waals surface area contributed by atoms with Crippen molar-refractivity contribution in [2.75, 3.05) is 32.8 Å². The summed E-state index contributed by atoms with van der Waals surface area (Å²) in [4.78, 5) is 16.5. The Morgan fingerprint density at radius 3 is 2.72 bits per heavy atom. The maximum Gasteiger partial charge on any atom is 0.243 e. The van der Waals surface area contributed by atoms with Crippen molar-refractivity contribution in [1.82, 2.24) is 25.0 Å². The van der Waals surface area contributed by atoms with E-state index in [-0.39, 0.29) is 5.91 Å². The van der Waals surface area contributed by atoms with E-state index in [0.29, 0.717) is 29.1 Å². The van der Waals surface area contributed by atoms with Crippen molar-refractivity contribution in [3.05, 3.63) is 22.3 Å². The molecule has 1 amide bonds. The standard InChI is InChI=1S/C20H31N5O2S2/c1-4-15(5-2)16(24-8-10-27-11-9-24)13-21-19(26)14(3)25-18(22-23-20(25)28)17-7-6-12-29-17/h6-7,12,14-16H,4-5,8-11,13H2,1-3H3,(H,21,26)(H,23,28). The lowest BCUT2D eigenvalue weighted by Crippen LogP contribution is -2.52. The summed E-state index contributed by atoms with van der Waals surface area (Å²) in [6, 6.07) is 3.83. The summed E-state index contributed by atoms with van der Waals surface area (Å²) in [5, 5.41) is 12.4. The zero-order chi connectivity index (χ0) is 20.8. The highest BCUT2D eigenvalue weighted by atomic mass is 32.1. The highest BCUT2D eigenvalue weighted by molar-refractivity contribution is 7.71. The van der Waals surface area contributed by atoms with Crippen LogP contribution in [0.2, 0.25) is 0 Å². The first kappa shape index (κ1) is 22.1. The minimum atomic E-state index is -0.439. The second-order valence-electron chi connectivity index (χ2n) is 7.41. The quantitative estimate of drug-likeness (QED) is 0.588. The lowest BCUT2D eigenvalue weighted by Gasteiger charge is -2.39. The van der Waals surface area contributed by atoms with Gasteiger partial charge in [0.25, 0.3) is 0 Å². The summed E-state index contributed by atoms with van der Waals surface area (Å²) in [7, 11) is 0. The molecule has 1 aliphatic heterocycles. The Morgan fingerprint density at radius 2 is 2.10 bits per heavy atom. The van der Waals surface area contributed by atoms with Crippen LogP contribution in [0.3, 0.4) is 0 Å². The Hall–Kier alpha value is -1.55. The fourth-order valence-corrected chi connectivity index (χ4v) is 5.05. The van der Waals surface area contributed by atoms with Crippen LogP contribution in [0.1, 0.15) is 39.7 Å². The van der Waals surface area contributed by atoms with Crippen LogP contribution in [-0.2, 0) is 9.53 Å². The van der Waals surface area contributed by atoms with Crippen molar-refractivity contribution >= 4 is 29.5 Å². The second kappa shape index (κ2) is 10.5. The van der Waals surface area contributed by atoms with E-state index in [1.54, 1.807) is 15.9 Å². The molecule has 1 aliphatic rings. The van der Waals surface area contributed by atoms with E-state index in [2.05, 4.69) is 34.3 Å². The number of rotatable bonds is 9. The van der Waals surface area contributed by atoms with Gasteiger partial charge in [0, 0.05) is 25.7 Å². The van der Waals surface area contributed by atoms with Crippen LogP contribution in [0.25, 0.3) is 10.7 Å². The molecule has 2 aromatic rings. The third-order valence-electron chi connectivity index (χ3n) is 5.81. The van der Waals surface area contributed by atoms with E-state index >= 15 is 0 Å². The SMILES string of the molecule is CCC(CC)C(CNC(=O)C(C)n1c(-c2cccs2)n[nH]c1=S)N1CCOCC1. The van der Waals surface area contributed by atoms with Crippen LogP contribution < -0.4 is 5.32 Å². The monoisotopic (exact) mass is 437 g/mol. The van der Waals surface area contributed by atoms with Gasteiger partial charge in [0.15, 0.2) is 10.6 Å². The molecule has 0 aliphatic carbocycles. The van der Waals surface area contributed by atoms with Crippen LogP contribution in [0.4, 0.5) is 0 Å². The summed E-state index contributed by atoms with van der Waals surface area (Å²) in [5.74, 6) is 1.21. The second-order valence-corrected chi connectivity index (χ2v) is 8.75. The summed E-state index contributed by atoms with van der Waals surface area (Å²) >= 11 is 6.99. The third kappa shape index (κ3) is 5.14. The third-order valence-corrected chi connectivity index (χ3v) is 6.96. The van der Waals surface area contributed by atoms with E-state index < -0.39 is 6.04 Å². The van der Waals surface area contributed by atoms with Gasteiger partial charge < -0.3 is 10.1 Å². The van der Waals surface area contributed by atoms with Crippen molar-refractivity contribution in [1.29, 1.82) is 0 Å². The van der Waals surface area contributed by atoms with Crippen LogP contribution in [0.15, 0.2) is 17.5 Å².